The van der Waals surface area contributed by atoms with Gasteiger partial charge in [-0.1, -0.05) is 39.5 Å². The number of rotatable bonds is 3. The summed E-state index contributed by atoms with van der Waals surface area (Å²) in [5.41, 5.74) is 0. The van der Waals surface area contributed by atoms with Crippen LogP contribution in [0.2, 0.25) is 0 Å². The van der Waals surface area contributed by atoms with Crippen LogP contribution in [-0.2, 0) is 0 Å². The molecule has 0 aromatic rings. The van der Waals surface area contributed by atoms with Crippen LogP contribution in [0.1, 0.15) is 78.1 Å². The minimum Gasteiger partial charge on any atom is -0.198 e. The Morgan fingerprint density at radius 2 is 1.53 bits per heavy atom. The van der Waals surface area contributed by atoms with E-state index in [0.29, 0.717) is 5.92 Å². The van der Waals surface area contributed by atoms with Crippen LogP contribution >= 0.6 is 0 Å². The van der Waals surface area contributed by atoms with Gasteiger partial charge in [0.1, 0.15) is 0 Å². The zero-order chi connectivity index (χ0) is 13.7. The van der Waals surface area contributed by atoms with Crippen molar-refractivity contribution in [3.63, 3.8) is 0 Å². The van der Waals surface area contributed by atoms with Crippen molar-refractivity contribution in [1.82, 2.24) is 0 Å². The molecule has 2 unspecified atom stereocenters. The lowest BCUT2D eigenvalue weighted by molar-refractivity contribution is 0.175. The summed E-state index contributed by atoms with van der Waals surface area (Å²) in [7, 11) is 0. The molecule has 0 N–H and O–H groups in total. The smallest absolute Gasteiger partial charge is 0.0655 e. The van der Waals surface area contributed by atoms with Crippen molar-refractivity contribution in [3.05, 3.63) is 0 Å². The first-order valence-corrected chi connectivity index (χ1v) is 8.58. The largest absolute Gasteiger partial charge is 0.198 e. The van der Waals surface area contributed by atoms with Gasteiger partial charge in [0.15, 0.2) is 0 Å². The lowest BCUT2D eigenvalue weighted by Gasteiger charge is -2.34. The van der Waals surface area contributed by atoms with Crippen molar-refractivity contribution in [3.8, 4) is 6.07 Å². The number of nitriles is 1. The molecule has 0 aromatic heterocycles. The number of hydrogen-bond acceptors (Lipinski definition) is 1. The summed E-state index contributed by atoms with van der Waals surface area (Å²) in [5.74, 6) is 4.17. The molecule has 1 nitrogen and oxygen atoms in total. The molecular formula is C18H31N. The summed E-state index contributed by atoms with van der Waals surface area (Å²) in [6.45, 7) is 4.72. The maximum Gasteiger partial charge on any atom is 0.0655 e. The molecule has 0 aromatic carbocycles. The second-order valence-corrected chi connectivity index (χ2v) is 7.50. The highest BCUT2D eigenvalue weighted by Crippen LogP contribution is 2.41. The molecule has 2 fully saturated rings. The minimum atomic E-state index is 0.363. The number of hydrogen-bond donors (Lipinski definition) is 0. The van der Waals surface area contributed by atoms with Gasteiger partial charge in [-0.05, 0) is 62.2 Å². The quantitative estimate of drug-likeness (QED) is 0.610. The van der Waals surface area contributed by atoms with Crippen LogP contribution < -0.4 is 0 Å². The van der Waals surface area contributed by atoms with Crippen LogP contribution in [0, 0.1) is 40.9 Å². The third kappa shape index (κ3) is 4.51. The molecule has 2 aliphatic rings. The van der Waals surface area contributed by atoms with E-state index in [4.69, 9.17) is 5.26 Å². The van der Waals surface area contributed by atoms with Gasteiger partial charge in [-0.3, -0.25) is 0 Å². The molecule has 2 saturated carbocycles. The van der Waals surface area contributed by atoms with E-state index in [-0.39, 0.29) is 0 Å². The second kappa shape index (κ2) is 7.32. The van der Waals surface area contributed by atoms with E-state index >= 15 is 0 Å². The first kappa shape index (κ1) is 14.9. The van der Waals surface area contributed by atoms with Crippen LogP contribution in [0.5, 0.6) is 0 Å². The van der Waals surface area contributed by atoms with Crippen molar-refractivity contribution in [2.75, 3.05) is 0 Å². The Morgan fingerprint density at radius 3 is 2.16 bits per heavy atom. The van der Waals surface area contributed by atoms with Gasteiger partial charge >= 0.3 is 0 Å². The number of nitrogens with zero attached hydrogens (tertiary/aromatic N) is 1. The van der Waals surface area contributed by atoms with Crippen LogP contribution in [0.4, 0.5) is 0 Å². The van der Waals surface area contributed by atoms with E-state index in [1.807, 2.05) is 0 Å². The molecule has 0 saturated heterocycles. The first-order valence-electron chi connectivity index (χ1n) is 8.58. The fourth-order valence-electron chi connectivity index (χ4n) is 4.49. The Bertz CT molecular complexity index is 293. The summed E-state index contributed by atoms with van der Waals surface area (Å²) < 4.78 is 0. The Labute approximate surface area is 119 Å². The van der Waals surface area contributed by atoms with Gasteiger partial charge in [0.05, 0.1) is 6.07 Å². The molecule has 0 heterocycles. The zero-order valence-electron chi connectivity index (χ0n) is 12.9. The van der Waals surface area contributed by atoms with Crippen LogP contribution in [0.25, 0.3) is 0 Å². The average Bonchev–Trinajstić information content (AvgIpc) is 2.64. The molecule has 0 spiro atoms. The van der Waals surface area contributed by atoms with Gasteiger partial charge in [0.25, 0.3) is 0 Å². The summed E-state index contributed by atoms with van der Waals surface area (Å²) in [5, 5.41) is 9.08. The topological polar surface area (TPSA) is 23.8 Å². The summed E-state index contributed by atoms with van der Waals surface area (Å²) in [6, 6.07) is 2.50. The maximum atomic E-state index is 9.08. The standard InChI is InChI=1S/C18H31N/c1-14(2)12-15-6-9-18(10-7-15)17-5-3-4-16(13-19)8-11-17/h14-18H,3-12H2,1-2H3. The molecule has 0 amide bonds. The predicted molar refractivity (Wildman–Crippen MR) is 80.6 cm³/mol. The van der Waals surface area contributed by atoms with E-state index < -0.39 is 0 Å². The molecule has 108 valence electrons. The molecule has 0 aliphatic heterocycles. The molecule has 0 radical (unpaired) electrons. The molecule has 19 heavy (non-hydrogen) atoms. The van der Waals surface area contributed by atoms with E-state index in [9.17, 15) is 0 Å². The molecule has 2 rings (SSSR count). The molecule has 2 atom stereocenters. The van der Waals surface area contributed by atoms with Gasteiger partial charge in [-0.25, -0.2) is 0 Å². The Hall–Kier alpha value is -0.510. The average molecular weight is 261 g/mol. The third-order valence-electron chi connectivity index (χ3n) is 5.56. The minimum absolute atomic E-state index is 0.363. The van der Waals surface area contributed by atoms with E-state index in [1.54, 1.807) is 0 Å². The Kier molecular flexibility index (Phi) is 5.74. The lowest BCUT2D eigenvalue weighted by Crippen LogP contribution is -2.22. The summed E-state index contributed by atoms with van der Waals surface area (Å²) >= 11 is 0. The normalized spacial score (nSPS) is 36.7. The van der Waals surface area contributed by atoms with E-state index in [1.165, 1.54) is 57.8 Å². The van der Waals surface area contributed by atoms with Crippen molar-refractivity contribution < 1.29 is 0 Å². The Morgan fingerprint density at radius 1 is 0.895 bits per heavy atom. The van der Waals surface area contributed by atoms with Crippen LogP contribution in [-0.4, -0.2) is 0 Å². The molecule has 1 heteroatoms. The lowest BCUT2D eigenvalue weighted by atomic mass is 9.72. The molecule has 0 bridgehead atoms. The monoisotopic (exact) mass is 261 g/mol. The maximum absolute atomic E-state index is 9.08. The zero-order valence-corrected chi connectivity index (χ0v) is 12.9. The first-order chi connectivity index (χ1) is 9.19. The highest BCUT2D eigenvalue weighted by molar-refractivity contribution is 4.87. The van der Waals surface area contributed by atoms with E-state index in [0.717, 1.165) is 30.1 Å². The SMILES string of the molecule is CC(C)CC1CCC(C2CCCC(C#N)CC2)CC1. The van der Waals surface area contributed by atoms with E-state index in [2.05, 4.69) is 19.9 Å². The summed E-state index contributed by atoms with van der Waals surface area (Å²) in [6.07, 6.45) is 13.7. The fourth-order valence-corrected chi connectivity index (χ4v) is 4.49. The third-order valence-corrected chi connectivity index (χ3v) is 5.56. The highest BCUT2D eigenvalue weighted by atomic mass is 14.4. The van der Waals surface area contributed by atoms with Gasteiger partial charge in [0, 0.05) is 5.92 Å². The van der Waals surface area contributed by atoms with Gasteiger partial charge in [0.2, 0.25) is 0 Å². The van der Waals surface area contributed by atoms with Crippen molar-refractivity contribution in [2.24, 2.45) is 29.6 Å². The van der Waals surface area contributed by atoms with Gasteiger partial charge in [-0.2, -0.15) is 5.26 Å². The van der Waals surface area contributed by atoms with Gasteiger partial charge in [-0.15, -0.1) is 0 Å². The Balaban J connectivity index is 1.76. The molecule has 2 aliphatic carbocycles. The fraction of sp³-hybridized carbons (Fsp3) is 0.944. The highest BCUT2D eigenvalue weighted by Gasteiger charge is 2.29. The van der Waals surface area contributed by atoms with Crippen LogP contribution in [0.15, 0.2) is 0 Å². The predicted octanol–water partition coefficient (Wildman–Crippen LogP) is 5.56. The summed E-state index contributed by atoms with van der Waals surface area (Å²) in [4.78, 5) is 0. The molecular weight excluding hydrogens is 230 g/mol. The van der Waals surface area contributed by atoms with Crippen molar-refractivity contribution in [1.29, 1.82) is 5.26 Å². The van der Waals surface area contributed by atoms with Gasteiger partial charge < -0.3 is 0 Å². The van der Waals surface area contributed by atoms with Crippen molar-refractivity contribution >= 4 is 0 Å². The second-order valence-electron chi connectivity index (χ2n) is 7.50. The van der Waals surface area contributed by atoms with Crippen LogP contribution in [0.3, 0.4) is 0 Å². The van der Waals surface area contributed by atoms with Crippen molar-refractivity contribution in [2.45, 2.75) is 78.1 Å².